The van der Waals surface area contributed by atoms with E-state index in [9.17, 15) is 4.79 Å². The molecule has 1 aliphatic heterocycles. The third-order valence-corrected chi connectivity index (χ3v) is 4.62. The summed E-state index contributed by atoms with van der Waals surface area (Å²) in [5.74, 6) is 1.14. The van der Waals surface area contributed by atoms with Crippen LogP contribution < -0.4 is 5.32 Å². The van der Waals surface area contributed by atoms with Crippen molar-refractivity contribution in [3.8, 4) is 0 Å². The first-order chi connectivity index (χ1) is 8.96. The van der Waals surface area contributed by atoms with Gasteiger partial charge in [0.2, 0.25) is 5.91 Å². The lowest BCUT2D eigenvalue weighted by Gasteiger charge is -2.39. The summed E-state index contributed by atoms with van der Waals surface area (Å²) in [6.45, 7) is 9.89. The number of rotatable bonds is 4. The summed E-state index contributed by atoms with van der Waals surface area (Å²) in [5, 5.41) is 3.61. The molecule has 3 nitrogen and oxygen atoms in total. The Morgan fingerprint density at radius 1 is 1.26 bits per heavy atom. The second kappa shape index (κ2) is 6.25. The van der Waals surface area contributed by atoms with Crippen LogP contribution in [0.1, 0.15) is 59.3 Å². The number of carbonyl (C=O) groups excluding carboxylic acids is 1. The molecule has 0 aromatic heterocycles. The zero-order valence-electron chi connectivity index (χ0n) is 12.9. The van der Waals surface area contributed by atoms with Crippen LogP contribution in [0.4, 0.5) is 0 Å². The lowest BCUT2D eigenvalue weighted by molar-refractivity contribution is -0.130. The van der Waals surface area contributed by atoms with E-state index in [0.29, 0.717) is 23.8 Å². The Morgan fingerprint density at radius 3 is 2.58 bits per heavy atom. The second-order valence-corrected chi connectivity index (χ2v) is 7.40. The first-order valence-electron chi connectivity index (χ1n) is 7.97. The van der Waals surface area contributed by atoms with Crippen LogP contribution in [0.25, 0.3) is 0 Å². The van der Waals surface area contributed by atoms with Gasteiger partial charge in [0.05, 0.1) is 0 Å². The van der Waals surface area contributed by atoms with Crippen LogP contribution >= 0.6 is 0 Å². The molecule has 2 rings (SSSR count). The summed E-state index contributed by atoms with van der Waals surface area (Å²) in [6.07, 6.45) is 6.89. The molecular weight excluding hydrogens is 236 g/mol. The lowest BCUT2D eigenvalue weighted by Crippen LogP contribution is -2.41. The van der Waals surface area contributed by atoms with E-state index >= 15 is 0 Å². The zero-order chi connectivity index (χ0) is 13.9. The van der Waals surface area contributed by atoms with E-state index in [1.54, 1.807) is 0 Å². The molecule has 1 N–H and O–H groups in total. The van der Waals surface area contributed by atoms with Gasteiger partial charge in [-0.1, -0.05) is 20.8 Å². The fraction of sp³-hybridized carbons (Fsp3) is 0.938. The summed E-state index contributed by atoms with van der Waals surface area (Å²) in [5.41, 5.74) is 0.453. The highest BCUT2D eigenvalue weighted by Crippen LogP contribution is 2.38. The standard InChI is InChI=1S/C16H30N2O/c1-13-10-14(12-16(2,3)11-13)17-7-6-15(19)18-8-4-5-9-18/h13-14,17H,4-12H2,1-3H3. The van der Waals surface area contributed by atoms with Crippen molar-refractivity contribution >= 4 is 5.91 Å². The first-order valence-corrected chi connectivity index (χ1v) is 7.97. The third kappa shape index (κ3) is 4.48. The van der Waals surface area contributed by atoms with Crippen LogP contribution in [0.5, 0.6) is 0 Å². The van der Waals surface area contributed by atoms with E-state index in [0.717, 1.165) is 25.6 Å². The van der Waals surface area contributed by atoms with E-state index < -0.39 is 0 Å². The molecule has 1 aliphatic carbocycles. The van der Waals surface area contributed by atoms with Gasteiger partial charge >= 0.3 is 0 Å². The van der Waals surface area contributed by atoms with E-state index in [4.69, 9.17) is 0 Å². The SMILES string of the molecule is CC1CC(NCCC(=O)N2CCCC2)CC(C)(C)C1. The molecule has 1 saturated carbocycles. The predicted molar refractivity (Wildman–Crippen MR) is 79.0 cm³/mol. The number of hydrogen-bond acceptors (Lipinski definition) is 2. The molecule has 0 aromatic carbocycles. The smallest absolute Gasteiger partial charge is 0.223 e. The Hall–Kier alpha value is -0.570. The molecule has 0 spiro atoms. The predicted octanol–water partition coefficient (Wildman–Crippen LogP) is 2.80. The number of amides is 1. The summed E-state index contributed by atoms with van der Waals surface area (Å²) in [7, 11) is 0. The van der Waals surface area contributed by atoms with E-state index in [1.807, 2.05) is 4.90 Å². The normalized spacial score (nSPS) is 30.6. The van der Waals surface area contributed by atoms with Gasteiger partial charge in [-0.3, -0.25) is 4.79 Å². The van der Waals surface area contributed by atoms with Crippen molar-refractivity contribution in [3.05, 3.63) is 0 Å². The molecule has 110 valence electrons. The van der Waals surface area contributed by atoms with Gasteiger partial charge in [0.15, 0.2) is 0 Å². The average Bonchev–Trinajstić information content (AvgIpc) is 2.79. The summed E-state index contributed by atoms with van der Waals surface area (Å²) in [6, 6.07) is 0.602. The Bertz CT molecular complexity index is 308. The molecule has 0 aromatic rings. The van der Waals surface area contributed by atoms with Crippen LogP contribution in [-0.4, -0.2) is 36.5 Å². The molecule has 2 unspecified atom stereocenters. The number of nitrogens with one attached hydrogen (secondary N) is 1. The maximum absolute atomic E-state index is 12.0. The molecule has 19 heavy (non-hydrogen) atoms. The van der Waals surface area contributed by atoms with Gasteiger partial charge in [-0.05, 0) is 43.4 Å². The molecule has 1 heterocycles. The van der Waals surface area contributed by atoms with Gasteiger partial charge < -0.3 is 10.2 Å². The largest absolute Gasteiger partial charge is 0.343 e. The number of hydrogen-bond donors (Lipinski definition) is 1. The molecule has 1 amide bonds. The molecule has 0 bridgehead atoms. The first kappa shape index (κ1) is 14.8. The molecular formula is C16H30N2O. The topological polar surface area (TPSA) is 32.3 Å². The fourth-order valence-corrected chi connectivity index (χ4v) is 4.01. The van der Waals surface area contributed by atoms with Crippen molar-refractivity contribution in [2.24, 2.45) is 11.3 Å². The Balaban J connectivity index is 1.68. The van der Waals surface area contributed by atoms with Crippen molar-refractivity contribution in [3.63, 3.8) is 0 Å². The monoisotopic (exact) mass is 266 g/mol. The minimum absolute atomic E-state index is 0.341. The van der Waals surface area contributed by atoms with Crippen LogP contribution in [0.15, 0.2) is 0 Å². The van der Waals surface area contributed by atoms with Crippen LogP contribution in [0.2, 0.25) is 0 Å². The average molecular weight is 266 g/mol. The minimum Gasteiger partial charge on any atom is -0.343 e. The number of carbonyl (C=O) groups is 1. The highest BCUT2D eigenvalue weighted by atomic mass is 16.2. The summed E-state index contributed by atoms with van der Waals surface area (Å²) < 4.78 is 0. The molecule has 2 aliphatic rings. The Morgan fingerprint density at radius 2 is 1.95 bits per heavy atom. The van der Waals surface area contributed by atoms with Crippen molar-refractivity contribution in [1.82, 2.24) is 10.2 Å². The molecule has 3 heteroatoms. The maximum atomic E-state index is 12.0. The van der Waals surface area contributed by atoms with Gasteiger partial charge in [0.1, 0.15) is 0 Å². The Labute approximate surface area is 118 Å². The maximum Gasteiger partial charge on any atom is 0.223 e. The molecule has 0 radical (unpaired) electrons. The third-order valence-electron chi connectivity index (χ3n) is 4.62. The Kier molecular flexibility index (Phi) is 4.88. The van der Waals surface area contributed by atoms with Crippen molar-refractivity contribution < 1.29 is 4.79 Å². The van der Waals surface area contributed by atoms with Gasteiger partial charge in [-0.15, -0.1) is 0 Å². The highest BCUT2D eigenvalue weighted by molar-refractivity contribution is 5.76. The molecule has 2 atom stereocenters. The van der Waals surface area contributed by atoms with E-state index in [2.05, 4.69) is 26.1 Å². The van der Waals surface area contributed by atoms with Gasteiger partial charge in [0, 0.05) is 32.1 Å². The second-order valence-electron chi connectivity index (χ2n) is 7.40. The van der Waals surface area contributed by atoms with Crippen LogP contribution in [0.3, 0.4) is 0 Å². The van der Waals surface area contributed by atoms with Crippen molar-refractivity contribution in [2.45, 2.75) is 65.3 Å². The van der Waals surface area contributed by atoms with Crippen LogP contribution in [0, 0.1) is 11.3 Å². The van der Waals surface area contributed by atoms with E-state index in [1.165, 1.54) is 32.1 Å². The number of nitrogens with zero attached hydrogens (tertiary/aromatic N) is 1. The highest BCUT2D eigenvalue weighted by Gasteiger charge is 2.31. The van der Waals surface area contributed by atoms with Gasteiger partial charge in [-0.25, -0.2) is 0 Å². The van der Waals surface area contributed by atoms with Gasteiger partial charge in [-0.2, -0.15) is 0 Å². The summed E-state index contributed by atoms with van der Waals surface area (Å²) in [4.78, 5) is 14.0. The zero-order valence-corrected chi connectivity index (χ0v) is 12.9. The summed E-state index contributed by atoms with van der Waals surface area (Å²) >= 11 is 0. The fourth-order valence-electron chi connectivity index (χ4n) is 4.01. The molecule has 2 fully saturated rings. The quantitative estimate of drug-likeness (QED) is 0.848. The number of likely N-dealkylation sites (tertiary alicyclic amines) is 1. The minimum atomic E-state index is 0.341. The van der Waals surface area contributed by atoms with E-state index in [-0.39, 0.29) is 0 Å². The van der Waals surface area contributed by atoms with Crippen molar-refractivity contribution in [2.75, 3.05) is 19.6 Å². The van der Waals surface area contributed by atoms with Crippen LogP contribution in [-0.2, 0) is 4.79 Å². The van der Waals surface area contributed by atoms with Gasteiger partial charge in [0.25, 0.3) is 0 Å². The molecule has 1 saturated heterocycles. The lowest BCUT2D eigenvalue weighted by atomic mass is 9.70. The van der Waals surface area contributed by atoms with Crippen molar-refractivity contribution in [1.29, 1.82) is 0 Å².